The van der Waals surface area contributed by atoms with Crippen molar-refractivity contribution < 1.29 is 13.9 Å². The predicted molar refractivity (Wildman–Crippen MR) is 56.4 cm³/mol. The van der Waals surface area contributed by atoms with E-state index in [1.165, 1.54) is 19.2 Å². The summed E-state index contributed by atoms with van der Waals surface area (Å²) >= 11 is 5.62. The number of nitriles is 1. The van der Waals surface area contributed by atoms with Crippen LogP contribution in [0.3, 0.4) is 0 Å². The van der Waals surface area contributed by atoms with Crippen molar-refractivity contribution in [3.8, 4) is 6.07 Å². The molecule has 0 aromatic heterocycles. The van der Waals surface area contributed by atoms with Crippen LogP contribution in [0.25, 0.3) is 0 Å². The Morgan fingerprint density at radius 3 is 2.81 bits per heavy atom. The normalized spacial score (nSPS) is 9.62. The first-order valence-electron chi connectivity index (χ1n) is 4.47. The summed E-state index contributed by atoms with van der Waals surface area (Å²) in [4.78, 5) is 11.1. The third-order valence-corrected chi connectivity index (χ3v) is 2.43. The van der Waals surface area contributed by atoms with Crippen LogP contribution in [0.2, 0.25) is 0 Å². The summed E-state index contributed by atoms with van der Waals surface area (Å²) < 4.78 is 17.9. The molecule has 84 valence electrons. The molecule has 0 aliphatic carbocycles. The largest absolute Gasteiger partial charge is 0.469 e. The van der Waals surface area contributed by atoms with Gasteiger partial charge in [-0.2, -0.15) is 5.26 Å². The molecular weight excluding hydrogens is 233 g/mol. The zero-order valence-corrected chi connectivity index (χ0v) is 9.34. The molecule has 0 heterocycles. The Kier molecular flexibility index (Phi) is 4.27. The average molecular weight is 242 g/mol. The van der Waals surface area contributed by atoms with Crippen molar-refractivity contribution in [2.75, 3.05) is 7.11 Å². The van der Waals surface area contributed by atoms with Gasteiger partial charge in [0.1, 0.15) is 5.82 Å². The van der Waals surface area contributed by atoms with Crippen LogP contribution in [0.4, 0.5) is 4.39 Å². The molecule has 0 amide bonds. The predicted octanol–water partition coefficient (Wildman–Crippen LogP) is 2.15. The molecule has 1 rings (SSSR count). The summed E-state index contributed by atoms with van der Waals surface area (Å²) in [6.07, 6.45) is -0.268. The number of alkyl halides is 1. The maximum absolute atomic E-state index is 13.4. The number of carbonyl (C=O) groups excluding carboxylic acids is 1. The van der Waals surface area contributed by atoms with Crippen molar-refractivity contribution in [1.82, 2.24) is 0 Å². The fraction of sp³-hybridized carbons (Fsp3) is 0.273. The fourth-order valence-electron chi connectivity index (χ4n) is 1.31. The number of benzene rings is 1. The second-order valence-corrected chi connectivity index (χ2v) is 3.33. The maximum Gasteiger partial charge on any atom is 0.310 e. The highest BCUT2D eigenvalue weighted by Gasteiger charge is 2.16. The Bertz CT molecular complexity index is 454. The van der Waals surface area contributed by atoms with Gasteiger partial charge < -0.3 is 4.74 Å². The smallest absolute Gasteiger partial charge is 0.310 e. The van der Waals surface area contributed by atoms with E-state index in [0.29, 0.717) is 5.56 Å². The second-order valence-electron chi connectivity index (χ2n) is 3.06. The van der Waals surface area contributed by atoms with Crippen molar-refractivity contribution in [3.05, 3.63) is 34.6 Å². The topological polar surface area (TPSA) is 50.1 Å². The number of hydrogen-bond donors (Lipinski definition) is 0. The van der Waals surface area contributed by atoms with E-state index in [1.807, 2.05) is 6.07 Å². The molecule has 0 unspecified atom stereocenters. The Hall–Kier alpha value is -1.60. The molecule has 0 saturated heterocycles. The van der Waals surface area contributed by atoms with Crippen LogP contribution in [0.1, 0.15) is 16.7 Å². The van der Waals surface area contributed by atoms with E-state index in [-0.39, 0.29) is 23.4 Å². The minimum Gasteiger partial charge on any atom is -0.469 e. The van der Waals surface area contributed by atoms with Crippen LogP contribution in [0.5, 0.6) is 0 Å². The number of esters is 1. The quantitative estimate of drug-likeness (QED) is 0.602. The molecule has 16 heavy (non-hydrogen) atoms. The number of rotatable bonds is 3. The van der Waals surface area contributed by atoms with Gasteiger partial charge in [0.15, 0.2) is 0 Å². The molecule has 3 nitrogen and oxygen atoms in total. The molecule has 1 aromatic rings. The number of methoxy groups -OCH3 is 1. The van der Waals surface area contributed by atoms with Gasteiger partial charge in [0.2, 0.25) is 0 Å². The number of carbonyl (C=O) groups is 1. The number of halogens is 2. The van der Waals surface area contributed by atoms with Crippen molar-refractivity contribution in [2.24, 2.45) is 0 Å². The highest BCUT2D eigenvalue weighted by atomic mass is 35.5. The van der Waals surface area contributed by atoms with Crippen LogP contribution in [-0.2, 0) is 21.8 Å². The van der Waals surface area contributed by atoms with Gasteiger partial charge in [-0.1, -0.05) is 6.07 Å². The van der Waals surface area contributed by atoms with E-state index in [9.17, 15) is 9.18 Å². The van der Waals surface area contributed by atoms with Crippen LogP contribution in [0, 0.1) is 17.1 Å². The van der Waals surface area contributed by atoms with Crippen LogP contribution in [-0.4, -0.2) is 13.1 Å². The maximum atomic E-state index is 13.4. The van der Waals surface area contributed by atoms with E-state index in [4.69, 9.17) is 16.9 Å². The zero-order valence-electron chi connectivity index (χ0n) is 8.59. The SMILES string of the molecule is COC(=O)Cc1c(F)ccc(CCl)c1C#N. The van der Waals surface area contributed by atoms with Crippen LogP contribution >= 0.6 is 11.6 Å². The number of nitrogens with zero attached hydrogens (tertiary/aromatic N) is 1. The van der Waals surface area contributed by atoms with E-state index < -0.39 is 11.8 Å². The molecule has 0 N–H and O–H groups in total. The van der Waals surface area contributed by atoms with Gasteiger partial charge in [0.25, 0.3) is 0 Å². The lowest BCUT2D eigenvalue weighted by molar-refractivity contribution is -0.139. The summed E-state index contributed by atoms with van der Waals surface area (Å²) in [5.41, 5.74) is 0.650. The van der Waals surface area contributed by atoms with Crippen molar-refractivity contribution in [3.63, 3.8) is 0 Å². The van der Waals surface area contributed by atoms with Gasteiger partial charge in [-0.3, -0.25) is 4.79 Å². The molecule has 0 aliphatic rings. The van der Waals surface area contributed by atoms with Gasteiger partial charge in [-0.05, 0) is 11.6 Å². The Morgan fingerprint density at radius 2 is 2.31 bits per heavy atom. The molecule has 0 saturated carbocycles. The Balaban J connectivity index is 3.25. The first kappa shape index (κ1) is 12.5. The Morgan fingerprint density at radius 1 is 1.62 bits per heavy atom. The lowest BCUT2D eigenvalue weighted by atomic mass is 10.00. The molecule has 0 aliphatic heterocycles. The van der Waals surface area contributed by atoms with Gasteiger partial charge in [-0.15, -0.1) is 11.6 Å². The first-order chi connectivity index (χ1) is 7.63. The third-order valence-electron chi connectivity index (χ3n) is 2.15. The molecule has 0 bridgehead atoms. The van der Waals surface area contributed by atoms with Crippen LogP contribution in [0.15, 0.2) is 12.1 Å². The summed E-state index contributed by atoms with van der Waals surface area (Å²) in [6.45, 7) is 0. The summed E-state index contributed by atoms with van der Waals surface area (Å²) in [5.74, 6) is -1.10. The molecule has 0 radical (unpaired) electrons. The first-order valence-corrected chi connectivity index (χ1v) is 5.00. The minimum absolute atomic E-state index is 0.0347. The molecule has 1 aromatic carbocycles. The highest BCUT2D eigenvalue weighted by molar-refractivity contribution is 6.17. The van der Waals surface area contributed by atoms with E-state index >= 15 is 0 Å². The second kappa shape index (κ2) is 5.47. The van der Waals surface area contributed by atoms with Gasteiger partial charge >= 0.3 is 5.97 Å². The lowest BCUT2D eigenvalue weighted by Crippen LogP contribution is -2.09. The number of ether oxygens (including phenoxy) is 1. The third kappa shape index (κ3) is 2.50. The average Bonchev–Trinajstić information content (AvgIpc) is 2.31. The summed E-state index contributed by atoms with van der Waals surface area (Å²) in [6, 6.07) is 4.48. The van der Waals surface area contributed by atoms with E-state index in [2.05, 4.69) is 4.74 Å². The minimum atomic E-state index is -0.601. The van der Waals surface area contributed by atoms with Crippen molar-refractivity contribution >= 4 is 17.6 Å². The molecule has 0 spiro atoms. The Labute approximate surface area is 97.4 Å². The van der Waals surface area contributed by atoms with Crippen molar-refractivity contribution in [2.45, 2.75) is 12.3 Å². The van der Waals surface area contributed by atoms with Gasteiger partial charge in [0, 0.05) is 11.4 Å². The molecule has 5 heteroatoms. The summed E-state index contributed by atoms with van der Waals surface area (Å²) in [7, 11) is 1.21. The summed E-state index contributed by atoms with van der Waals surface area (Å²) in [5, 5.41) is 8.91. The van der Waals surface area contributed by atoms with Gasteiger partial charge in [0.05, 0.1) is 25.2 Å². The lowest BCUT2D eigenvalue weighted by Gasteiger charge is -2.07. The van der Waals surface area contributed by atoms with E-state index in [1.54, 1.807) is 0 Å². The fourth-order valence-corrected chi connectivity index (χ4v) is 1.53. The number of hydrogen-bond acceptors (Lipinski definition) is 3. The monoisotopic (exact) mass is 241 g/mol. The molecule has 0 atom stereocenters. The molecule has 0 fully saturated rings. The standard InChI is InChI=1S/C11H9ClFNO2/c1-16-11(15)4-8-9(6-14)7(5-12)2-3-10(8)13/h2-3H,4-5H2,1H3. The van der Waals surface area contributed by atoms with Crippen LogP contribution < -0.4 is 0 Å². The van der Waals surface area contributed by atoms with Gasteiger partial charge in [-0.25, -0.2) is 4.39 Å². The zero-order chi connectivity index (χ0) is 12.1. The highest BCUT2D eigenvalue weighted by Crippen LogP contribution is 2.20. The van der Waals surface area contributed by atoms with E-state index in [0.717, 1.165) is 0 Å². The molecular formula is C11H9ClFNO2. The van der Waals surface area contributed by atoms with Crippen molar-refractivity contribution in [1.29, 1.82) is 5.26 Å².